The summed E-state index contributed by atoms with van der Waals surface area (Å²) in [7, 11) is 1.65. The molecule has 0 aliphatic heterocycles. The van der Waals surface area contributed by atoms with Crippen LogP contribution in [0.4, 0.5) is 0 Å². The molecule has 0 radical (unpaired) electrons. The van der Waals surface area contributed by atoms with Crippen molar-refractivity contribution < 1.29 is 14.3 Å². The molecule has 0 N–H and O–H groups in total. The van der Waals surface area contributed by atoms with E-state index < -0.39 is 0 Å². The summed E-state index contributed by atoms with van der Waals surface area (Å²) in [4.78, 5) is 11.2. The summed E-state index contributed by atoms with van der Waals surface area (Å²) in [6, 6.07) is 0. The van der Waals surface area contributed by atoms with Gasteiger partial charge in [0.15, 0.2) is 0 Å². The minimum atomic E-state index is -0.0688. The number of methoxy groups -OCH3 is 1. The van der Waals surface area contributed by atoms with Gasteiger partial charge in [-0.3, -0.25) is 4.79 Å². The lowest BCUT2D eigenvalue weighted by molar-refractivity contribution is -0.144. The van der Waals surface area contributed by atoms with Crippen molar-refractivity contribution in [2.24, 2.45) is 5.92 Å². The summed E-state index contributed by atoms with van der Waals surface area (Å²) in [5, 5.41) is 0. The van der Waals surface area contributed by atoms with Gasteiger partial charge in [-0.15, -0.1) is 0 Å². The molecule has 3 nitrogen and oxygen atoms in total. The first kappa shape index (κ1) is 15.4. The summed E-state index contributed by atoms with van der Waals surface area (Å²) in [5.41, 5.74) is 0. The zero-order valence-corrected chi connectivity index (χ0v) is 11.0. The molecule has 3 heteroatoms. The van der Waals surface area contributed by atoms with E-state index in [-0.39, 0.29) is 5.97 Å². The highest BCUT2D eigenvalue weighted by atomic mass is 16.5. The number of esters is 1. The number of carbonyl (C=O) groups excluding carboxylic acids is 1. The molecule has 0 atom stereocenters. The predicted molar refractivity (Wildman–Crippen MR) is 65.4 cm³/mol. The van der Waals surface area contributed by atoms with Gasteiger partial charge < -0.3 is 9.47 Å². The average molecular weight is 230 g/mol. The Morgan fingerprint density at radius 1 is 1.06 bits per heavy atom. The molecule has 0 heterocycles. The summed E-state index contributed by atoms with van der Waals surface area (Å²) in [5.74, 6) is 0.696. The van der Waals surface area contributed by atoms with Crippen LogP contribution in [0.15, 0.2) is 0 Å². The van der Waals surface area contributed by atoms with E-state index in [0.29, 0.717) is 19.6 Å². The van der Waals surface area contributed by atoms with E-state index in [4.69, 9.17) is 9.47 Å². The number of carbonyl (C=O) groups is 1. The smallest absolute Gasteiger partial charge is 0.305 e. The van der Waals surface area contributed by atoms with Crippen LogP contribution >= 0.6 is 0 Å². The normalized spacial score (nSPS) is 10.8. The van der Waals surface area contributed by atoms with Gasteiger partial charge in [-0.25, -0.2) is 0 Å². The highest BCUT2D eigenvalue weighted by Gasteiger charge is 2.02. The quantitative estimate of drug-likeness (QED) is 0.427. The largest absolute Gasteiger partial charge is 0.466 e. The molecule has 16 heavy (non-hydrogen) atoms. The fourth-order valence-electron chi connectivity index (χ4n) is 1.46. The lowest BCUT2D eigenvalue weighted by Gasteiger charge is -2.05. The monoisotopic (exact) mass is 230 g/mol. The van der Waals surface area contributed by atoms with Crippen LogP contribution in [-0.4, -0.2) is 26.3 Å². The van der Waals surface area contributed by atoms with Crippen molar-refractivity contribution in [2.75, 3.05) is 20.3 Å². The maximum absolute atomic E-state index is 11.2. The van der Waals surface area contributed by atoms with Gasteiger partial charge in [0.25, 0.3) is 0 Å². The minimum Gasteiger partial charge on any atom is -0.466 e. The van der Waals surface area contributed by atoms with Crippen LogP contribution in [0.5, 0.6) is 0 Å². The SMILES string of the molecule is COCCCOC(=O)CCCCCC(C)C. The molecule has 0 fully saturated rings. The molecule has 0 aliphatic carbocycles. The van der Waals surface area contributed by atoms with Crippen molar-refractivity contribution in [1.29, 1.82) is 0 Å². The Balaban J connectivity index is 3.17. The molecule has 0 saturated carbocycles. The van der Waals surface area contributed by atoms with Crippen LogP contribution in [-0.2, 0) is 14.3 Å². The first-order chi connectivity index (χ1) is 7.66. The number of hydrogen-bond acceptors (Lipinski definition) is 3. The standard InChI is InChI=1S/C13H26O3/c1-12(2)8-5-4-6-9-13(14)16-11-7-10-15-3/h12H,4-11H2,1-3H3. The number of hydrogen-bond donors (Lipinski definition) is 0. The Hall–Kier alpha value is -0.570. The van der Waals surface area contributed by atoms with E-state index in [0.717, 1.165) is 25.2 Å². The van der Waals surface area contributed by atoms with Crippen molar-refractivity contribution in [2.45, 2.75) is 52.4 Å². The van der Waals surface area contributed by atoms with Crippen molar-refractivity contribution >= 4 is 5.97 Å². The van der Waals surface area contributed by atoms with Gasteiger partial charge in [-0.05, 0) is 12.3 Å². The summed E-state index contributed by atoms with van der Waals surface area (Å²) < 4.78 is 9.92. The number of ether oxygens (including phenoxy) is 2. The zero-order valence-electron chi connectivity index (χ0n) is 11.0. The molecule has 0 bridgehead atoms. The molecule has 0 amide bonds. The van der Waals surface area contributed by atoms with Crippen LogP contribution in [0, 0.1) is 5.92 Å². The Morgan fingerprint density at radius 2 is 1.81 bits per heavy atom. The van der Waals surface area contributed by atoms with Crippen molar-refractivity contribution in [1.82, 2.24) is 0 Å². The van der Waals surface area contributed by atoms with E-state index in [2.05, 4.69) is 13.8 Å². The Morgan fingerprint density at radius 3 is 2.44 bits per heavy atom. The van der Waals surface area contributed by atoms with E-state index in [9.17, 15) is 4.79 Å². The highest BCUT2D eigenvalue weighted by molar-refractivity contribution is 5.69. The Bertz CT molecular complexity index is 167. The van der Waals surface area contributed by atoms with Crippen molar-refractivity contribution in [3.05, 3.63) is 0 Å². The molecule has 0 aromatic carbocycles. The summed E-state index contributed by atoms with van der Waals surface area (Å²) in [6.45, 7) is 5.59. The van der Waals surface area contributed by atoms with Gasteiger partial charge >= 0.3 is 5.97 Å². The van der Waals surface area contributed by atoms with Gasteiger partial charge in [0.2, 0.25) is 0 Å². The van der Waals surface area contributed by atoms with Gasteiger partial charge in [0, 0.05) is 26.6 Å². The third-order valence-corrected chi connectivity index (χ3v) is 2.42. The second-order valence-electron chi connectivity index (χ2n) is 4.56. The van der Waals surface area contributed by atoms with Crippen LogP contribution in [0.2, 0.25) is 0 Å². The minimum absolute atomic E-state index is 0.0688. The van der Waals surface area contributed by atoms with E-state index in [1.165, 1.54) is 12.8 Å². The molecule has 0 spiro atoms. The molecule has 0 aromatic rings. The fraction of sp³-hybridized carbons (Fsp3) is 0.923. The molecular weight excluding hydrogens is 204 g/mol. The van der Waals surface area contributed by atoms with Crippen LogP contribution in [0.1, 0.15) is 52.4 Å². The zero-order chi connectivity index (χ0) is 12.2. The lowest BCUT2D eigenvalue weighted by atomic mass is 10.0. The maximum Gasteiger partial charge on any atom is 0.305 e. The maximum atomic E-state index is 11.2. The Kier molecular flexibility index (Phi) is 10.5. The predicted octanol–water partition coefficient (Wildman–Crippen LogP) is 3.17. The van der Waals surface area contributed by atoms with Gasteiger partial charge in [-0.1, -0.05) is 33.1 Å². The second-order valence-corrected chi connectivity index (χ2v) is 4.56. The summed E-state index contributed by atoms with van der Waals surface area (Å²) in [6.07, 6.45) is 5.90. The number of rotatable bonds is 10. The van der Waals surface area contributed by atoms with E-state index in [1.807, 2.05) is 0 Å². The molecule has 0 rings (SSSR count). The summed E-state index contributed by atoms with van der Waals surface area (Å²) >= 11 is 0. The molecule has 0 unspecified atom stereocenters. The first-order valence-corrected chi connectivity index (χ1v) is 6.31. The highest BCUT2D eigenvalue weighted by Crippen LogP contribution is 2.09. The molecule has 0 aliphatic rings. The van der Waals surface area contributed by atoms with Crippen LogP contribution in [0.25, 0.3) is 0 Å². The van der Waals surface area contributed by atoms with Crippen molar-refractivity contribution in [3.63, 3.8) is 0 Å². The van der Waals surface area contributed by atoms with E-state index >= 15 is 0 Å². The topological polar surface area (TPSA) is 35.5 Å². The third kappa shape index (κ3) is 11.5. The van der Waals surface area contributed by atoms with Crippen LogP contribution in [0.3, 0.4) is 0 Å². The van der Waals surface area contributed by atoms with Gasteiger partial charge in [0.1, 0.15) is 0 Å². The molecular formula is C13H26O3. The second kappa shape index (κ2) is 10.9. The number of unbranched alkanes of at least 4 members (excludes halogenated alkanes) is 2. The lowest BCUT2D eigenvalue weighted by Crippen LogP contribution is -2.07. The van der Waals surface area contributed by atoms with E-state index in [1.54, 1.807) is 7.11 Å². The third-order valence-electron chi connectivity index (χ3n) is 2.42. The first-order valence-electron chi connectivity index (χ1n) is 6.31. The fourth-order valence-corrected chi connectivity index (χ4v) is 1.46. The van der Waals surface area contributed by atoms with Gasteiger partial charge in [-0.2, -0.15) is 0 Å². The average Bonchev–Trinajstić information content (AvgIpc) is 2.23. The Labute approximate surface area is 99.5 Å². The molecule has 0 aromatic heterocycles. The van der Waals surface area contributed by atoms with Crippen LogP contribution < -0.4 is 0 Å². The molecule has 0 saturated heterocycles. The van der Waals surface area contributed by atoms with Gasteiger partial charge in [0.05, 0.1) is 6.61 Å². The molecule has 96 valence electrons. The van der Waals surface area contributed by atoms with Crippen molar-refractivity contribution in [3.8, 4) is 0 Å².